The van der Waals surface area contributed by atoms with Crippen molar-refractivity contribution in [3.8, 4) is 0 Å². The molecule has 1 aliphatic heterocycles. The molecule has 0 aromatic carbocycles. The Morgan fingerprint density at radius 2 is 1.63 bits per heavy atom. The third-order valence-electron chi connectivity index (χ3n) is 3.95. The molecule has 0 aliphatic carbocycles. The molecular weight excluding hydrogens is 398 g/mol. The molecule has 10 nitrogen and oxygen atoms in total. The summed E-state index contributed by atoms with van der Waals surface area (Å²) < 4.78 is 26.4. The Morgan fingerprint density at radius 3 is 2.10 bits per heavy atom. The Labute approximate surface area is 177 Å². The largest absolute Gasteiger partial charge is 0.509 e. The van der Waals surface area contributed by atoms with Gasteiger partial charge in [-0.1, -0.05) is 0 Å². The summed E-state index contributed by atoms with van der Waals surface area (Å²) in [6.07, 6.45) is -5.23. The molecular formula is C20H35NO9. The molecule has 1 rings (SSSR count). The molecule has 1 unspecified atom stereocenters. The highest BCUT2D eigenvalue weighted by Crippen LogP contribution is 2.33. The van der Waals surface area contributed by atoms with Crippen molar-refractivity contribution < 1.29 is 43.2 Å². The molecule has 0 aromatic rings. The normalized spacial score (nSPS) is 20.9. The van der Waals surface area contributed by atoms with E-state index in [2.05, 4.69) is 0 Å². The highest BCUT2D eigenvalue weighted by molar-refractivity contribution is 5.76. The van der Waals surface area contributed by atoms with Crippen LogP contribution < -0.4 is 0 Å². The number of aliphatic hydroxyl groups is 1. The first-order valence-electron chi connectivity index (χ1n) is 9.89. The number of ether oxygens (including phenoxy) is 5. The molecule has 0 bridgehead atoms. The molecule has 30 heavy (non-hydrogen) atoms. The van der Waals surface area contributed by atoms with Gasteiger partial charge in [0.05, 0.1) is 13.2 Å². The Hall–Kier alpha value is -2.07. The first kappa shape index (κ1) is 26.0. The van der Waals surface area contributed by atoms with E-state index in [-0.39, 0.29) is 13.2 Å². The number of hydrogen-bond acceptors (Lipinski definition) is 9. The van der Waals surface area contributed by atoms with Gasteiger partial charge in [-0.2, -0.15) is 0 Å². The maximum absolute atomic E-state index is 12.9. The summed E-state index contributed by atoms with van der Waals surface area (Å²) in [5.74, 6) is -1.00. The van der Waals surface area contributed by atoms with Crippen LogP contribution in [-0.2, 0) is 28.5 Å². The van der Waals surface area contributed by atoms with E-state index in [9.17, 15) is 19.5 Å². The fourth-order valence-electron chi connectivity index (χ4n) is 2.84. The minimum atomic E-state index is -1.87. The van der Waals surface area contributed by atoms with Gasteiger partial charge >= 0.3 is 18.2 Å². The summed E-state index contributed by atoms with van der Waals surface area (Å²) >= 11 is 0. The van der Waals surface area contributed by atoms with Crippen LogP contribution in [0.25, 0.3) is 0 Å². The van der Waals surface area contributed by atoms with E-state index in [1.165, 1.54) is 4.90 Å². The second-order valence-corrected chi connectivity index (χ2v) is 9.42. The average molecular weight is 433 g/mol. The molecule has 3 atom stereocenters. The summed E-state index contributed by atoms with van der Waals surface area (Å²) in [4.78, 5) is 38.6. The summed E-state index contributed by atoms with van der Waals surface area (Å²) in [7, 11) is 0. The van der Waals surface area contributed by atoms with Crippen LogP contribution in [0, 0.1) is 0 Å². The minimum Gasteiger partial charge on any atom is -0.464 e. The maximum Gasteiger partial charge on any atom is 0.509 e. The zero-order valence-corrected chi connectivity index (χ0v) is 19.3. The first-order chi connectivity index (χ1) is 13.5. The van der Waals surface area contributed by atoms with Gasteiger partial charge in [-0.3, -0.25) is 4.90 Å². The average Bonchev–Trinajstić information content (AvgIpc) is 2.84. The van der Waals surface area contributed by atoms with Gasteiger partial charge in [-0.05, 0) is 62.3 Å². The molecule has 0 saturated carbocycles. The smallest absolute Gasteiger partial charge is 0.464 e. The fraction of sp³-hybridized carbons (Fsp3) is 0.850. The molecule has 1 aliphatic rings. The van der Waals surface area contributed by atoms with E-state index in [0.717, 1.165) is 0 Å². The van der Waals surface area contributed by atoms with Crippen molar-refractivity contribution in [1.82, 2.24) is 4.90 Å². The van der Waals surface area contributed by atoms with E-state index in [1.807, 2.05) is 0 Å². The van der Waals surface area contributed by atoms with E-state index in [0.29, 0.717) is 0 Å². The second-order valence-electron chi connectivity index (χ2n) is 9.42. The number of hydrogen-bond donors (Lipinski definition) is 1. The first-order valence-corrected chi connectivity index (χ1v) is 9.89. The Balaban J connectivity index is 3.26. The van der Waals surface area contributed by atoms with Crippen LogP contribution in [-0.4, -0.2) is 76.6 Å². The molecule has 1 saturated heterocycles. The second kappa shape index (κ2) is 9.38. The van der Waals surface area contributed by atoms with Gasteiger partial charge in [0.25, 0.3) is 0 Å². The number of amides is 1. The van der Waals surface area contributed by atoms with Crippen LogP contribution >= 0.6 is 0 Å². The third-order valence-corrected chi connectivity index (χ3v) is 3.95. The van der Waals surface area contributed by atoms with Crippen LogP contribution in [0.15, 0.2) is 0 Å². The van der Waals surface area contributed by atoms with Crippen LogP contribution in [0.1, 0.15) is 62.3 Å². The minimum absolute atomic E-state index is 0.0114. The molecule has 0 aromatic heterocycles. The third kappa shape index (κ3) is 7.32. The van der Waals surface area contributed by atoms with Gasteiger partial charge < -0.3 is 28.8 Å². The summed E-state index contributed by atoms with van der Waals surface area (Å²) in [5, 5.41) is 10.6. The number of esters is 1. The van der Waals surface area contributed by atoms with Crippen molar-refractivity contribution in [3.63, 3.8) is 0 Å². The molecule has 174 valence electrons. The van der Waals surface area contributed by atoms with Gasteiger partial charge in [0.15, 0.2) is 12.2 Å². The standard InChI is InChI=1S/C20H35NO9/c1-10-26-15(23)13(22)14(28-17(25)30-19(5,6)7)12-11-27-20(8,9)21(12)16(24)29-18(2,3)4/h12-14,22H,10-11H2,1-9H3/t12-,13+,14?/m0/s1. The fourth-order valence-corrected chi connectivity index (χ4v) is 2.84. The van der Waals surface area contributed by atoms with Crippen LogP contribution in [0.4, 0.5) is 9.59 Å². The topological polar surface area (TPSA) is 121 Å². The van der Waals surface area contributed by atoms with Crippen molar-refractivity contribution >= 4 is 18.2 Å². The predicted octanol–water partition coefficient (Wildman–Crippen LogP) is 2.60. The Morgan fingerprint density at radius 1 is 1.10 bits per heavy atom. The van der Waals surface area contributed by atoms with Crippen molar-refractivity contribution in [2.24, 2.45) is 0 Å². The van der Waals surface area contributed by atoms with Crippen molar-refractivity contribution in [2.45, 2.75) is 97.5 Å². The lowest BCUT2D eigenvalue weighted by molar-refractivity contribution is -0.164. The van der Waals surface area contributed by atoms with Gasteiger partial charge in [0.1, 0.15) is 23.0 Å². The molecule has 1 fully saturated rings. The Kier molecular flexibility index (Phi) is 8.12. The van der Waals surface area contributed by atoms with E-state index >= 15 is 0 Å². The van der Waals surface area contributed by atoms with E-state index in [1.54, 1.807) is 62.3 Å². The van der Waals surface area contributed by atoms with Gasteiger partial charge in [0, 0.05) is 0 Å². The van der Waals surface area contributed by atoms with Crippen molar-refractivity contribution in [2.75, 3.05) is 13.2 Å². The zero-order chi connectivity index (χ0) is 23.5. The molecule has 0 radical (unpaired) electrons. The van der Waals surface area contributed by atoms with Gasteiger partial charge in [0.2, 0.25) is 0 Å². The van der Waals surface area contributed by atoms with Gasteiger partial charge in [-0.25, -0.2) is 14.4 Å². The quantitative estimate of drug-likeness (QED) is 0.515. The number of nitrogens with zero attached hydrogens (tertiary/aromatic N) is 1. The summed E-state index contributed by atoms with van der Waals surface area (Å²) in [6, 6.07) is -1.03. The van der Waals surface area contributed by atoms with Gasteiger partial charge in [-0.15, -0.1) is 0 Å². The van der Waals surface area contributed by atoms with Crippen LogP contribution in [0.2, 0.25) is 0 Å². The number of aliphatic hydroxyl groups excluding tert-OH is 1. The summed E-state index contributed by atoms with van der Waals surface area (Å²) in [6.45, 7) is 14.7. The highest BCUT2D eigenvalue weighted by atomic mass is 16.7. The molecule has 1 heterocycles. The monoisotopic (exact) mass is 433 g/mol. The van der Waals surface area contributed by atoms with E-state index in [4.69, 9.17) is 23.7 Å². The SMILES string of the molecule is CCOC(=O)[C@H](O)C(OC(=O)OC(C)(C)C)[C@@H]1COC(C)(C)N1C(=O)OC(C)(C)C. The van der Waals surface area contributed by atoms with Crippen molar-refractivity contribution in [1.29, 1.82) is 0 Å². The molecule has 0 spiro atoms. The van der Waals surface area contributed by atoms with Crippen LogP contribution in [0.3, 0.4) is 0 Å². The van der Waals surface area contributed by atoms with Crippen molar-refractivity contribution in [3.05, 3.63) is 0 Å². The molecule has 1 N–H and O–H groups in total. The lowest BCUT2D eigenvalue weighted by Crippen LogP contribution is -2.58. The highest BCUT2D eigenvalue weighted by Gasteiger charge is 2.53. The predicted molar refractivity (Wildman–Crippen MR) is 106 cm³/mol. The molecule has 10 heteroatoms. The number of carbonyl (C=O) groups excluding carboxylic acids is 3. The van der Waals surface area contributed by atoms with Crippen LogP contribution in [0.5, 0.6) is 0 Å². The number of rotatable bonds is 5. The Bertz CT molecular complexity index is 633. The lowest BCUT2D eigenvalue weighted by Gasteiger charge is -2.38. The molecule has 1 amide bonds. The lowest BCUT2D eigenvalue weighted by atomic mass is 10.0. The maximum atomic E-state index is 12.9. The van der Waals surface area contributed by atoms with E-state index < -0.39 is 53.4 Å². The zero-order valence-electron chi connectivity index (χ0n) is 19.3. The summed E-state index contributed by atoms with van der Waals surface area (Å²) in [5.41, 5.74) is -2.81. The number of carbonyl (C=O) groups is 3.